The van der Waals surface area contributed by atoms with Crippen LogP contribution in [0.2, 0.25) is 0 Å². The molecule has 0 saturated heterocycles. The quantitative estimate of drug-likeness (QED) is 0.939. The molecule has 0 radical (unpaired) electrons. The fourth-order valence-electron chi connectivity index (χ4n) is 2.51. The van der Waals surface area contributed by atoms with Gasteiger partial charge in [0.2, 0.25) is 5.91 Å². The van der Waals surface area contributed by atoms with Crippen LogP contribution in [0, 0.1) is 5.92 Å². The summed E-state index contributed by atoms with van der Waals surface area (Å²) in [7, 11) is 0. The molecule has 1 heterocycles. The maximum atomic E-state index is 12.2. The molecule has 0 atom stereocenters. The number of nitrogens with one attached hydrogen (secondary N) is 1. The van der Waals surface area contributed by atoms with Crippen molar-refractivity contribution in [2.45, 2.75) is 20.4 Å². The smallest absolute Gasteiger partial charge is 0.265 e. The van der Waals surface area contributed by atoms with E-state index in [9.17, 15) is 9.59 Å². The van der Waals surface area contributed by atoms with E-state index in [1.807, 2.05) is 50.2 Å². The SMILES string of the molecule is CC(C)C(=O)Nc1ccc2c(c1)OCC(=O)N2Cc1ccccc1. The molecule has 1 aliphatic rings. The first kappa shape index (κ1) is 16.1. The molecule has 3 rings (SSSR count). The summed E-state index contributed by atoms with van der Waals surface area (Å²) in [4.78, 5) is 25.8. The lowest BCUT2D eigenvalue weighted by atomic mass is 10.1. The van der Waals surface area contributed by atoms with Crippen molar-refractivity contribution < 1.29 is 14.3 Å². The Hall–Kier alpha value is -2.82. The summed E-state index contributed by atoms with van der Waals surface area (Å²) in [6.07, 6.45) is 0. The number of fused-ring (bicyclic) bond motifs is 1. The predicted octanol–water partition coefficient (Wildman–Crippen LogP) is 3.21. The van der Waals surface area contributed by atoms with Gasteiger partial charge >= 0.3 is 0 Å². The molecule has 0 aliphatic carbocycles. The molecule has 5 heteroatoms. The van der Waals surface area contributed by atoms with Crippen LogP contribution < -0.4 is 15.0 Å². The molecule has 1 N–H and O–H groups in total. The fourth-order valence-corrected chi connectivity index (χ4v) is 2.51. The number of hydrogen-bond acceptors (Lipinski definition) is 3. The Labute approximate surface area is 141 Å². The second kappa shape index (κ2) is 6.74. The highest BCUT2D eigenvalue weighted by atomic mass is 16.5. The number of anilines is 2. The summed E-state index contributed by atoms with van der Waals surface area (Å²) in [5.74, 6) is 0.374. The van der Waals surface area contributed by atoms with Gasteiger partial charge in [-0.1, -0.05) is 44.2 Å². The average molecular weight is 324 g/mol. The summed E-state index contributed by atoms with van der Waals surface area (Å²) >= 11 is 0. The third kappa shape index (κ3) is 3.40. The molecule has 2 aromatic carbocycles. The monoisotopic (exact) mass is 324 g/mol. The molecule has 0 saturated carbocycles. The Balaban J connectivity index is 1.85. The number of amides is 2. The molecular formula is C19H20N2O3. The standard InChI is InChI=1S/C19H20N2O3/c1-13(2)19(23)20-15-8-9-16-17(10-15)24-12-18(22)21(16)11-14-6-4-3-5-7-14/h3-10,13H,11-12H2,1-2H3,(H,20,23). The first-order valence-electron chi connectivity index (χ1n) is 7.96. The molecule has 0 aromatic heterocycles. The van der Waals surface area contributed by atoms with E-state index in [0.717, 1.165) is 11.3 Å². The Kier molecular flexibility index (Phi) is 4.51. The van der Waals surface area contributed by atoms with E-state index in [2.05, 4.69) is 5.32 Å². The van der Waals surface area contributed by atoms with Crippen molar-refractivity contribution in [1.29, 1.82) is 0 Å². The van der Waals surface area contributed by atoms with Crippen molar-refractivity contribution in [1.82, 2.24) is 0 Å². The molecule has 24 heavy (non-hydrogen) atoms. The molecule has 0 fully saturated rings. The number of carbonyl (C=O) groups excluding carboxylic acids is 2. The van der Waals surface area contributed by atoms with Crippen LogP contribution in [0.1, 0.15) is 19.4 Å². The maximum Gasteiger partial charge on any atom is 0.265 e. The van der Waals surface area contributed by atoms with E-state index in [1.54, 1.807) is 17.0 Å². The lowest BCUT2D eigenvalue weighted by Gasteiger charge is -2.30. The normalized spacial score (nSPS) is 13.5. The number of benzene rings is 2. The van der Waals surface area contributed by atoms with Crippen LogP contribution >= 0.6 is 0 Å². The van der Waals surface area contributed by atoms with Crippen molar-refractivity contribution in [3.63, 3.8) is 0 Å². The highest BCUT2D eigenvalue weighted by molar-refractivity contribution is 5.99. The summed E-state index contributed by atoms with van der Waals surface area (Å²) in [5, 5.41) is 2.84. The average Bonchev–Trinajstić information content (AvgIpc) is 2.58. The first-order chi connectivity index (χ1) is 11.5. The molecule has 5 nitrogen and oxygen atoms in total. The molecular weight excluding hydrogens is 304 g/mol. The van der Waals surface area contributed by atoms with Crippen LogP contribution in [0.3, 0.4) is 0 Å². The molecule has 0 bridgehead atoms. The highest BCUT2D eigenvalue weighted by Crippen LogP contribution is 2.35. The summed E-state index contributed by atoms with van der Waals surface area (Å²) in [6, 6.07) is 15.2. The van der Waals surface area contributed by atoms with E-state index >= 15 is 0 Å². The maximum absolute atomic E-state index is 12.2. The van der Waals surface area contributed by atoms with Gasteiger partial charge < -0.3 is 15.0 Å². The summed E-state index contributed by atoms with van der Waals surface area (Å²) in [6.45, 7) is 4.17. The van der Waals surface area contributed by atoms with Gasteiger partial charge in [0.05, 0.1) is 12.2 Å². The van der Waals surface area contributed by atoms with E-state index < -0.39 is 0 Å². The second-order valence-electron chi connectivity index (χ2n) is 6.08. The minimum absolute atomic E-state index is 0.00140. The van der Waals surface area contributed by atoms with Crippen LogP contribution in [0.15, 0.2) is 48.5 Å². The molecule has 0 spiro atoms. The van der Waals surface area contributed by atoms with Gasteiger partial charge in [-0.15, -0.1) is 0 Å². The van der Waals surface area contributed by atoms with Gasteiger partial charge in [-0.3, -0.25) is 9.59 Å². The van der Waals surface area contributed by atoms with Crippen LogP contribution in [-0.2, 0) is 16.1 Å². The van der Waals surface area contributed by atoms with Gasteiger partial charge in [-0.2, -0.15) is 0 Å². The number of hydrogen-bond donors (Lipinski definition) is 1. The first-order valence-corrected chi connectivity index (χ1v) is 7.96. The molecule has 124 valence electrons. The number of ether oxygens (including phenoxy) is 1. The third-order valence-corrected chi connectivity index (χ3v) is 3.88. The highest BCUT2D eigenvalue weighted by Gasteiger charge is 2.26. The zero-order chi connectivity index (χ0) is 17.1. The van der Waals surface area contributed by atoms with Gasteiger partial charge in [-0.25, -0.2) is 0 Å². The zero-order valence-electron chi connectivity index (χ0n) is 13.8. The van der Waals surface area contributed by atoms with Gasteiger partial charge in [0.15, 0.2) is 6.61 Å². The number of rotatable bonds is 4. The summed E-state index contributed by atoms with van der Waals surface area (Å²) in [5.41, 5.74) is 2.44. The van der Waals surface area contributed by atoms with Gasteiger partial charge in [0.25, 0.3) is 5.91 Å². The largest absolute Gasteiger partial charge is 0.481 e. The number of carbonyl (C=O) groups is 2. The minimum atomic E-state index is -0.0990. The summed E-state index contributed by atoms with van der Waals surface area (Å²) < 4.78 is 5.54. The van der Waals surface area contributed by atoms with Crippen molar-refractivity contribution in [2.75, 3.05) is 16.8 Å². The van der Waals surface area contributed by atoms with Crippen LogP contribution in [0.4, 0.5) is 11.4 Å². The molecule has 2 amide bonds. The third-order valence-electron chi connectivity index (χ3n) is 3.88. The van der Waals surface area contributed by atoms with E-state index in [-0.39, 0.29) is 24.3 Å². The predicted molar refractivity (Wildman–Crippen MR) is 93.0 cm³/mol. The Morgan fingerprint density at radius 1 is 1.21 bits per heavy atom. The minimum Gasteiger partial charge on any atom is -0.481 e. The Morgan fingerprint density at radius 3 is 2.67 bits per heavy atom. The van der Waals surface area contributed by atoms with Gasteiger partial charge in [-0.05, 0) is 17.7 Å². The molecule has 2 aromatic rings. The van der Waals surface area contributed by atoms with Gasteiger partial charge in [0, 0.05) is 17.7 Å². The van der Waals surface area contributed by atoms with Crippen molar-refractivity contribution in [2.24, 2.45) is 5.92 Å². The molecule has 1 aliphatic heterocycles. The Morgan fingerprint density at radius 2 is 1.96 bits per heavy atom. The van der Waals surface area contributed by atoms with Gasteiger partial charge in [0.1, 0.15) is 5.75 Å². The van der Waals surface area contributed by atoms with Crippen LogP contribution in [0.25, 0.3) is 0 Å². The zero-order valence-corrected chi connectivity index (χ0v) is 13.8. The molecule has 0 unspecified atom stereocenters. The van der Waals surface area contributed by atoms with Crippen molar-refractivity contribution in [3.8, 4) is 5.75 Å². The van der Waals surface area contributed by atoms with Crippen molar-refractivity contribution >= 4 is 23.2 Å². The van der Waals surface area contributed by atoms with E-state index in [4.69, 9.17) is 4.74 Å². The lowest BCUT2D eigenvalue weighted by molar-refractivity contribution is -0.121. The number of nitrogens with zero attached hydrogens (tertiary/aromatic N) is 1. The topological polar surface area (TPSA) is 58.6 Å². The van der Waals surface area contributed by atoms with E-state index in [0.29, 0.717) is 18.0 Å². The second-order valence-corrected chi connectivity index (χ2v) is 6.08. The van der Waals surface area contributed by atoms with Crippen LogP contribution in [-0.4, -0.2) is 18.4 Å². The lowest BCUT2D eigenvalue weighted by Crippen LogP contribution is -2.38. The fraction of sp³-hybridized carbons (Fsp3) is 0.263. The Bertz CT molecular complexity index is 756. The van der Waals surface area contributed by atoms with E-state index in [1.165, 1.54) is 0 Å². The van der Waals surface area contributed by atoms with Crippen LogP contribution in [0.5, 0.6) is 5.75 Å². The van der Waals surface area contributed by atoms with Crippen molar-refractivity contribution in [3.05, 3.63) is 54.1 Å².